The third-order valence-corrected chi connectivity index (χ3v) is 3.34. The van der Waals surface area contributed by atoms with Crippen LogP contribution in [-0.2, 0) is 0 Å². The van der Waals surface area contributed by atoms with Gasteiger partial charge in [0, 0.05) is 17.2 Å². The van der Waals surface area contributed by atoms with Crippen molar-refractivity contribution in [2.24, 2.45) is 5.10 Å². The Kier molecular flexibility index (Phi) is 3.76. The number of hydrogen-bond donors (Lipinski definition) is 3. The molecule has 1 aliphatic heterocycles. The van der Waals surface area contributed by atoms with Gasteiger partial charge in [-0.1, -0.05) is 0 Å². The van der Waals surface area contributed by atoms with Crippen molar-refractivity contribution in [1.82, 2.24) is 5.43 Å². The molecule has 0 unspecified atom stereocenters. The number of benzene rings is 2. The van der Waals surface area contributed by atoms with Crippen molar-refractivity contribution in [3.05, 3.63) is 47.0 Å². The summed E-state index contributed by atoms with van der Waals surface area (Å²) in [5.41, 5.74) is 3.78. The zero-order chi connectivity index (χ0) is 16.4. The molecule has 0 fully saturated rings. The smallest absolute Gasteiger partial charge is 0.271 e. The van der Waals surface area contributed by atoms with Gasteiger partial charge in [0.1, 0.15) is 11.5 Å². The van der Waals surface area contributed by atoms with E-state index in [1.807, 2.05) is 0 Å². The SMILES string of the molecule is Cc1cc(O)cc(O)c1/C=N/NC(=O)c1ccc2c(c1)OCO2. The van der Waals surface area contributed by atoms with Crippen LogP contribution >= 0.6 is 0 Å². The molecule has 0 saturated carbocycles. The minimum Gasteiger partial charge on any atom is -0.508 e. The number of rotatable bonds is 3. The van der Waals surface area contributed by atoms with Gasteiger partial charge < -0.3 is 19.7 Å². The van der Waals surface area contributed by atoms with E-state index in [-0.39, 0.29) is 18.3 Å². The summed E-state index contributed by atoms with van der Waals surface area (Å²) in [5.74, 6) is 0.518. The lowest BCUT2D eigenvalue weighted by Crippen LogP contribution is -2.17. The van der Waals surface area contributed by atoms with Crippen LogP contribution in [-0.4, -0.2) is 29.1 Å². The lowest BCUT2D eigenvalue weighted by atomic mass is 10.1. The van der Waals surface area contributed by atoms with Gasteiger partial charge in [-0.25, -0.2) is 5.43 Å². The third-order valence-electron chi connectivity index (χ3n) is 3.34. The molecular formula is C16H14N2O5. The fourth-order valence-electron chi connectivity index (χ4n) is 2.19. The van der Waals surface area contributed by atoms with Crippen molar-refractivity contribution in [2.45, 2.75) is 6.92 Å². The van der Waals surface area contributed by atoms with E-state index < -0.39 is 5.91 Å². The van der Waals surface area contributed by atoms with E-state index in [1.54, 1.807) is 25.1 Å². The van der Waals surface area contributed by atoms with Crippen LogP contribution < -0.4 is 14.9 Å². The van der Waals surface area contributed by atoms with Gasteiger partial charge in [-0.3, -0.25) is 4.79 Å². The number of phenolic OH excluding ortho intramolecular Hbond substituents is 2. The molecular weight excluding hydrogens is 300 g/mol. The molecule has 1 heterocycles. The number of nitrogens with zero attached hydrogens (tertiary/aromatic N) is 1. The molecule has 0 bridgehead atoms. The van der Waals surface area contributed by atoms with Gasteiger partial charge in [-0.15, -0.1) is 0 Å². The predicted octanol–water partition coefficient (Wildman–Crippen LogP) is 1.90. The topological polar surface area (TPSA) is 100 Å². The Morgan fingerprint density at radius 3 is 2.78 bits per heavy atom. The first-order chi connectivity index (χ1) is 11.0. The molecule has 3 rings (SSSR count). The van der Waals surface area contributed by atoms with E-state index in [0.717, 1.165) is 0 Å². The second-order valence-corrected chi connectivity index (χ2v) is 4.96. The molecule has 0 aromatic heterocycles. The third kappa shape index (κ3) is 3.03. The lowest BCUT2D eigenvalue weighted by Gasteiger charge is -2.05. The number of aryl methyl sites for hydroxylation is 1. The molecule has 7 heteroatoms. The first-order valence-corrected chi connectivity index (χ1v) is 6.80. The molecule has 3 N–H and O–H groups in total. The number of hydrazone groups is 1. The fraction of sp³-hybridized carbons (Fsp3) is 0.125. The van der Waals surface area contributed by atoms with Crippen molar-refractivity contribution in [3.8, 4) is 23.0 Å². The number of phenols is 2. The van der Waals surface area contributed by atoms with Gasteiger partial charge in [-0.05, 0) is 36.8 Å². The fourth-order valence-corrected chi connectivity index (χ4v) is 2.19. The highest BCUT2D eigenvalue weighted by molar-refractivity contribution is 5.96. The number of carbonyl (C=O) groups excluding carboxylic acids is 1. The molecule has 2 aromatic carbocycles. The van der Waals surface area contributed by atoms with Gasteiger partial charge in [-0.2, -0.15) is 5.10 Å². The minimum atomic E-state index is -0.421. The quantitative estimate of drug-likeness (QED) is 0.593. The van der Waals surface area contributed by atoms with E-state index in [9.17, 15) is 15.0 Å². The minimum absolute atomic E-state index is 0.0402. The molecule has 1 amide bonds. The second kappa shape index (κ2) is 5.88. The molecule has 2 aromatic rings. The summed E-state index contributed by atoms with van der Waals surface area (Å²) in [6, 6.07) is 7.50. The Balaban J connectivity index is 1.72. The van der Waals surface area contributed by atoms with Gasteiger partial charge in [0.15, 0.2) is 11.5 Å². The van der Waals surface area contributed by atoms with E-state index in [2.05, 4.69) is 10.5 Å². The standard InChI is InChI=1S/C16H14N2O5/c1-9-4-11(19)6-13(20)12(9)7-17-18-16(21)10-2-3-14-15(5-10)23-8-22-14/h2-7,19-20H,8H2,1H3,(H,18,21)/b17-7+. The molecule has 118 valence electrons. The first-order valence-electron chi connectivity index (χ1n) is 6.80. The van der Waals surface area contributed by atoms with Crippen molar-refractivity contribution >= 4 is 12.1 Å². The molecule has 0 saturated heterocycles. The number of carbonyl (C=O) groups is 1. The summed E-state index contributed by atoms with van der Waals surface area (Å²) in [6.45, 7) is 1.85. The summed E-state index contributed by atoms with van der Waals surface area (Å²) in [6.07, 6.45) is 1.31. The van der Waals surface area contributed by atoms with Crippen LogP contribution in [0.2, 0.25) is 0 Å². The average molecular weight is 314 g/mol. The van der Waals surface area contributed by atoms with Gasteiger partial charge >= 0.3 is 0 Å². The number of fused-ring (bicyclic) bond motifs is 1. The van der Waals surface area contributed by atoms with E-state index in [4.69, 9.17) is 9.47 Å². The van der Waals surface area contributed by atoms with Crippen LogP contribution in [0.3, 0.4) is 0 Å². The molecule has 0 atom stereocenters. The van der Waals surface area contributed by atoms with Crippen LogP contribution in [0, 0.1) is 6.92 Å². The highest BCUT2D eigenvalue weighted by atomic mass is 16.7. The van der Waals surface area contributed by atoms with Crippen LogP contribution in [0.25, 0.3) is 0 Å². The van der Waals surface area contributed by atoms with Crippen LogP contribution in [0.15, 0.2) is 35.4 Å². The Hall–Kier alpha value is -3.22. The monoisotopic (exact) mass is 314 g/mol. The van der Waals surface area contributed by atoms with E-state index in [0.29, 0.717) is 28.2 Å². The first kappa shape index (κ1) is 14.7. The summed E-state index contributed by atoms with van der Waals surface area (Å²) < 4.78 is 10.4. The molecule has 7 nitrogen and oxygen atoms in total. The summed E-state index contributed by atoms with van der Waals surface area (Å²) in [4.78, 5) is 12.0. The normalized spacial score (nSPS) is 12.6. The summed E-state index contributed by atoms with van der Waals surface area (Å²) in [7, 11) is 0. The zero-order valence-corrected chi connectivity index (χ0v) is 12.2. The highest BCUT2D eigenvalue weighted by Gasteiger charge is 2.15. The number of ether oxygens (including phenoxy) is 2. The Morgan fingerprint density at radius 1 is 1.22 bits per heavy atom. The van der Waals surface area contributed by atoms with E-state index in [1.165, 1.54) is 18.3 Å². The molecule has 0 spiro atoms. The van der Waals surface area contributed by atoms with Crippen molar-refractivity contribution in [1.29, 1.82) is 0 Å². The van der Waals surface area contributed by atoms with Crippen molar-refractivity contribution in [2.75, 3.05) is 6.79 Å². The highest BCUT2D eigenvalue weighted by Crippen LogP contribution is 2.32. The van der Waals surface area contributed by atoms with E-state index >= 15 is 0 Å². The largest absolute Gasteiger partial charge is 0.508 e. The lowest BCUT2D eigenvalue weighted by molar-refractivity contribution is 0.0954. The van der Waals surface area contributed by atoms with Gasteiger partial charge in [0.25, 0.3) is 5.91 Å². The number of hydrogen-bond acceptors (Lipinski definition) is 6. The predicted molar refractivity (Wildman–Crippen MR) is 82.1 cm³/mol. The number of nitrogens with one attached hydrogen (secondary N) is 1. The molecule has 0 radical (unpaired) electrons. The van der Waals surface area contributed by atoms with Gasteiger partial charge in [0.05, 0.1) is 6.21 Å². The van der Waals surface area contributed by atoms with Crippen molar-refractivity contribution < 1.29 is 24.5 Å². The molecule has 1 aliphatic rings. The Bertz CT molecular complexity index is 778. The number of aromatic hydroxyl groups is 2. The maximum atomic E-state index is 12.0. The number of amides is 1. The van der Waals surface area contributed by atoms with Gasteiger partial charge in [0.2, 0.25) is 6.79 Å². The molecule has 23 heavy (non-hydrogen) atoms. The van der Waals surface area contributed by atoms with Crippen LogP contribution in [0.1, 0.15) is 21.5 Å². The van der Waals surface area contributed by atoms with Crippen LogP contribution in [0.5, 0.6) is 23.0 Å². The average Bonchev–Trinajstić information content (AvgIpc) is 2.97. The Labute approximate surface area is 131 Å². The summed E-state index contributed by atoms with van der Waals surface area (Å²) in [5, 5.41) is 23.0. The Morgan fingerprint density at radius 2 is 2.00 bits per heavy atom. The van der Waals surface area contributed by atoms with Crippen LogP contribution in [0.4, 0.5) is 0 Å². The zero-order valence-electron chi connectivity index (χ0n) is 12.2. The maximum Gasteiger partial charge on any atom is 0.271 e. The molecule has 0 aliphatic carbocycles. The van der Waals surface area contributed by atoms with Crippen molar-refractivity contribution in [3.63, 3.8) is 0 Å². The maximum absolute atomic E-state index is 12.0. The second-order valence-electron chi connectivity index (χ2n) is 4.96. The summed E-state index contributed by atoms with van der Waals surface area (Å²) >= 11 is 0.